The van der Waals surface area contributed by atoms with Crippen LogP contribution in [0.5, 0.6) is 5.75 Å². The highest BCUT2D eigenvalue weighted by Crippen LogP contribution is 2.21. The van der Waals surface area contributed by atoms with Crippen molar-refractivity contribution in [2.75, 3.05) is 25.9 Å². The Labute approximate surface area is 94.8 Å². The van der Waals surface area contributed by atoms with E-state index in [0.29, 0.717) is 30.1 Å². The van der Waals surface area contributed by atoms with E-state index in [2.05, 4.69) is 5.32 Å². The molecule has 1 aromatic rings. The number of hydrogen-bond donors (Lipinski definition) is 3. The zero-order valence-corrected chi connectivity index (χ0v) is 9.32. The molecule has 0 spiro atoms. The topological polar surface area (TPSA) is 90.4 Å². The molecule has 0 aliphatic rings. The number of carbonyl (C=O) groups excluding carboxylic acids is 1. The van der Waals surface area contributed by atoms with E-state index in [1.807, 2.05) is 0 Å². The largest absolute Gasteiger partial charge is 0.496 e. The van der Waals surface area contributed by atoms with Crippen LogP contribution in [0.15, 0.2) is 18.2 Å². The molecule has 0 unspecified atom stereocenters. The monoisotopic (exact) mass is 223 g/mol. The summed E-state index contributed by atoms with van der Waals surface area (Å²) in [6, 6.07) is 4.93. The zero-order valence-electron chi connectivity index (χ0n) is 9.32. The van der Waals surface area contributed by atoms with Gasteiger partial charge in [0.25, 0.3) is 5.91 Å². The molecule has 0 atom stereocenters. The maximum atomic E-state index is 11.7. The molecule has 88 valence electrons. The number of hydrogen-bond acceptors (Lipinski definition) is 4. The van der Waals surface area contributed by atoms with Crippen LogP contribution in [0, 0.1) is 0 Å². The summed E-state index contributed by atoms with van der Waals surface area (Å²) in [6.45, 7) is 1.11. The summed E-state index contributed by atoms with van der Waals surface area (Å²) in [5.74, 6) is 0.301. The minimum atomic E-state index is -0.176. The summed E-state index contributed by atoms with van der Waals surface area (Å²) in [6.07, 6.45) is 0.753. The van der Waals surface area contributed by atoms with Crippen LogP contribution in [-0.4, -0.2) is 26.1 Å². The number of nitrogens with two attached hydrogens (primary N) is 2. The van der Waals surface area contributed by atoms with Gasteiger partial charge < -0.3 is 21.5 Å². The van der Waals surface area contributed by atoms with Gasteiger partial charge in [0, 0.05) is 18.3 Å². The number of methoxy groups -OCH3 is 1. The Morgan fingerprint density at radius 3 is 2.88 bits per heavy atom. The van der Waals surface area contributed by atoms with Gasteiger partial charge >= 0.3 is 0 Å². The molecule has 0 heterocycles. The third-order valence-electron chi connectivity index (χ3n) is 2.14. The number of benzene rings is 1. The van der Waals surface area contributed by atoms with Crippen LogP contribution in [0.25, 0.3) is 0 Å². The van der Waals surface area contributed by atoms with Crippen molar-refractivity contribution >= 4 is 11.6 Å². The molecule has 0 fully saturated rings. The second kappa shape index (κ2) is 5.97. The molecule has 1 aromatic carbocycles. The second-order valence-corrected chi connectivity index (χ2v) is 3.36. The Morgan fingerprint density at radius 2 is 2.25 bits per heavy atom. The number of anilines is 1. The molecule has 16 heavy (non-hydrogen) atoms. The Morgan fingerprint density at radius 1 is 1.50 bits per heavy atom. The van der Waals surface area contributed by atoms with Crippen molar-refractivity contribution in [1.29, 1.82) is 0 Å². The first-order chi connectivity index (χ1) is 7.69. The fourth-order valence-corrected chi connectivity index (χ4v) is 1.29. The first-order valence-corrected chi connectivity index (χ1v) is 5.11. The Balaban J connectivity index is 2.74. The van der Waals surface area contributed by atoms with Gasteiger partial charge in [-0.05, 0) is 25.1 Å². The molecule has 0 saturated heterocycles. The van der Waals surface area contributed by atoms with E-state index in [9.17, 15) is 4.79 Å². The van der Waals surface area contributed by atoms with Crippen molar-refractivity contribution in [3.63, 3.8) is 0 Å². The van der Waals surface area contributed by atoms with Gasteiger partial charge in [0.05, 0.1) is 12.7 Å². The number of nitrogens with one attached hydrogen (secondary N) is 1. The first kappa shape index (κ1) is 12.3. The summed E-state index contributed by atoms with van der Waals surface area (Å²) < 4.78 is 5.09. The predicted octanol–water partition coefficient (Wildman–Crippen LogP) is 0.356. The molecule has 5 N–H and O–H groups in total. The van der Waals surface area contributed by atoms with Crippen LogP contribution in [-0.2, 0) is 0 Å². The SMILES string of the molecule is COc1cc(N)ccc1C(=O)NCCCN. The van der Waals surface area contributed by atoms with Gasteiger partial charge in [0.2, 0.25) is 0 Å². The maximum Gasteiger partial charge on any atom is 0.255 e. The predicted molar refractivity (Wildman–Crippen MR) is 63.4 cm³/mol. The molecule has 5 nitrogen and oxygen atoms in total. The van der Waals surface area contributed by atoms with Gasteiger partial charge in [-0.25, -0.2) is 0 Å². The van der Waals surface area contributed by atoms with E-state index in [1.165, 1.54) is 7.11 Å². The highest BCUT2D eigenvalue weighted by molar-refractivity contribution is 5.97. The van der Waals surface area contributed by atoms with E-state index in [0.717, 1.165) is 6.42 Å². The van der Waals surface area contributed by atoms with Gasteiger partial charge in [-0.3, -0.25) is 4.79 Å². The molecule has 0 bridgehead atoms. The molecule has 0 aromatic heterocycles. The van der Waals surface area contributed by atoms with Crippen LogP contribution in [0.2, 0.25) is 0 Å². The van der Waals surface area contributed by atoms with Crippen LogP contribution < -0.4 is 21.5 Å². The van der Waals surface area contributed by atoms with E-state index in [-0.39, 0.29) is 5.91 Å². The van der Waals surface area contributed by atoms with Crippen molar-refractivity contribution in [2.24, 2.45) is 5.73 Å². The highest BCUT2D eigenvalue weighted by Gasteiger charge is 2.11. The van der Waals surface area contributed by atoms with E-state index >= 15 is 0 Å². The fourth-order valence-electron chi connectivity index (χ4n) is 1.29. The van der Waals surface area contributed by atoms with Gasteiger partial charge in [-0.15, -0.1) is 0 Å². The average molecular weight is 223 g/mol. The van der Waals surface area contributed by atoms with Crippen LogP contribution >= 0.6 is 0 Å². The van der Waals surface area contributed by atoms with Crippen molar-refractivity contribution in [1.82, 2.24) is 5.32 Å². The second-order valence-electron chi connectivity index (χ2n) is 3.36. The third kappa shape index (κ3) is 3.13. The van der Waals surface area contributed by atoms with Crippen molar-refractivity contribution in [2.45, 2.75) is 6.42 Å². The van der Waals surface area contributed by atoms with Crippen molar-refractivity contribution in [3.8, 4) is 5.75 Å². The first-order valence-electron chi connectivity index (χ1n) is 5.11. The summed E-state index contributed by atoms with van der Waals surface area (Å²) in [5, 5.41) is 2.75. The normalized spacial score (nSPS) is 9.88. The molecule has 0 saturated carbocycles. The van der Waals surface area contributed by atoms with Crippen molar-refractivity contribution in [3.05, 3.63) is 23.8 Å². The number of nitrogen functional groups attached to an aromatic ring is 1. The van der Waals surface area contributed by atoms with E-state index in [4.69, 9.17) is 16.2 Å². The smallest absolute Gasteiger partial charge is 0.255 e. The minimum absolute atomic E-state index is 0.176. The standard InChI is InChI=1S/C11H17N3O2/c1-16-10-7-8(13)3-4-9(10)11(15)14-6-2-5-12/h3-4,7H,2,5-6,12-13H2,1H3,(H,14,15). The molecule has 0 radical (unpaired) electrons. The zero-order chi connectivity index (χ0) is 12.0. The van der Waals surface area contributed by atoms with Gasteiger partial charge in [0.15, 0.2) is 0 Å². The van der Waals surface area contributed by atoms with Gasteiger partial charge in [-0.2, -0.15) is 0 Å². The molecule has 0 aliphatic carbocycles. The Bertz CT molecular complexity index is 366. The van der Waals surface area contributed by atoms with Crippen LogP contribution in [0.1, 0.15) is 16.8 Å². The maximum absolute atomic E-state index is 11.7. The quantitative estimate of drug-likeness (QED) is 0.496. The fraction of sp³-hybridized carbons (Fsp3) is 0.364. The summed E-state index contributed by atoms with van der Waals surface area (Å²) in [5.41, 5.74) is 12.0. The molecular formula is C11H17N3O2. The lowest BCUT2D eigenvalue weighted by molar-refractivity contribution is 0.0950. The lowest BCUT2D eigenvalue weighted by atomic mass is 10.1. The third-order valence-corrected chi connectivity index (χ3v) is 2.14. The number of amides is 1. The lowest BCUT2D eigenvalue weighted by Gasteiger charge is -2.09. The minimum Gasteiger partial charge on any atom is -0.496 e. The lowest BCUT2D eigenvalue weighted by Crippen LogP contribution is -2.26. The Kier molecular flexibility index (Phi) is 4.60. The van der Waals surface area contributed by atoms with E-state index in [1.54, 1.807) is 18.2 Å². The Hall–Kier alpha value is -1.75. The molecule has 5 heteroatoms. The van der Waals surface area contributed by atoms with Crippen molar-refractivity contribution < 1.29 is 9.53 Å². The van der Waals surface area contributed by atoms with Crippen LogP contribution in [0.3, 0.4) is 0 Å². The van der Waals surface area contributed by atoms with Gasteiger partial charge in [-0.1, -0.05) is 0 Å². The molecule has 1 amide bonds. The molecular weight excluding hydrogens is 206 g/mol. The number of rotatable bonds is 5. The summed E-state index contributed by atoms with van der Waals surface area (Å²) in [4.78, 5) is 11.7. The summed E-state index contributed by atoms with van der Waals surface area (Å²) >= 11 is 0. The van der Waals surface area contributed by atoms with Gasteiger partial charge in [0.1, 0.15) is 5.75 Å². The highest BCUT2D eigenvalue weighted by atomic mass is 16.5. The van der Waals surface area contributed by atoms with E-state index < -0.39 is 0 Å². The molecule has 0 aliphatic heterocycles. The number of carbonyl (C=O) groups is 1. The van der Waals surface area contributed by atoms with Crippen LogP contribution in [0.4, 0.5) is 5.69 Å². The average Bonchev–Trinajstić information content (AvgIpc) is 2.29. The summed E-state index contributed by atoms with van der Waals surface area (Å²) in [7, 11) is 1.51. The number of ether oxygens (including phenoxy) is 1. The molecule has 1 rings (SSSR count).